The number of piperidine rings is 1. The van der Waals surface area contributed by atoms with Gasteiger partial charge in [-0.05, 0) is 79.8 Å². The minimum absolute atomic E-state index is 0.0229. The third-order valence-corrected chi connectivity index (χ3v) is 9.71. The summed E-state index contributed by atoms with van der Waals surface area (Å²) in [6.07, 6.45) is 2.33. The van der Waals surface area contributed by atoms with Crippen LogP contribution in [0.5, 0.6) is 0 Å². The number of halogens is 1. The topological polar surface area (TPSA) is 113 Å². The molecule has 0 radical (unpaired) electrons. The normalized spacial score (nSPS) is 16.6. The van der Waals surface area contributed by atoms with E-state index >= 15 is 0 Å². The molecule has 0 aromatic heterocycles. The Morgan fingerprint density at radius 1 is 0.895 bits per heavy atom. The number of carbonyl (C=O) groups is 1. The predicted molar refractivity (Wildman–Crippen MR) is 145 cm³/mol. The van der Waals surface area contributed by atoms with E-state index < -0.39 is 31.8 Å². The van der Waals surface area contributed by atoms with Crippen molar-refractivity contribution >= 4 is 37.3 Å². The molecule has 0 saturated carbocycles. The Balaban J connectivity index is 1.31. The molecular formula is C27H30FN3O5S2. The third kappa shape index (κ3) is 7.40. The molecule has 11 heteroatoms. The molecule has 1 aliphatic heterocycles. The van der Waals surface area contributed by atoms with E-state index in [4.69, 9.17) is 0 Å². The van der Waals surface area contributed by atoms with Crippen molar-refractivity contribution in [2.24, 2.45) is 5.92 Å². The number of sulfonamides is 2. The maximum Gasteiger partial charge on any atom is 0.261 e. The van der Waals surface area contributed by atoms with Gasteiger partial charge < -0.3 is 5.32 Å². The van der Waals surface area contributed by atoms with Crippen LogP contribution in [0.25, 0.3) is 0 Å². The molecule has 202 valence electrons. The van der Waals surface area contributed by atoms with Crippen molar-refractivity contribution < 1.29 is 26.0 Å². The number of rotatable bonds is 10. The summed E-state index contributed by atoms with van der Waals surface area (Å²) in [4.78, 5) is 12.9. The molecule has 38 heavy (non-hydrogen) atoms. The second-order valence-electron chi connectivity index (χ2n) is 9.23. The number of anilines is 2. The number of carbonyl (C=O) groups excluding carboxylic acids is 1. The maximum atomic E-state index is 13.1. The van der Waals surface area contributed by atoms with Crippen molar-refractivity contribution in [3.8, 4) is 0 Å². The number of benzene rings is 3. The first-order valence-electron chi connectivity index (χ1n) is 12.3. The van der Waals surface area contributed by atoms with Gasteiger partial charge in [-0.2, -0.15) is 0 Å². The molecule has 0 spiro atoms. The Kier molecular flexibility index (Phi) is 8.80. The Labute approximate surface area is 223 Å². The molecule has 1 fully saturated rings. The Morgan fingerprint density at radius 3 is 2.24 bits per heavy atom. The zero-order valence-corrected chi connectivity index (χ0v) is 22.3. The average molecular weight is 560 g/mol. The maximum absolute atomic E-state index is 13.1. The molecule has 1 atom stereocenters. The summed E-state index contributed by atoms with van der Waals surface area (Å²) in [5.41, 5.74) is 1.71. The smallest absolute Gasteiger partial charge is 0.261 e. The van der Waals surface area contributed by atoms with Gasteiger partial charge in [0, 0.05) is 24.5 Å². The molecule has 8 nitrogen and oxygen atoms in total. The largest absolute Gasteiger partial charge is 0.326 e. The van der Waals surface area contributed by atoms with Crippen LogP contribution in [0.15, 0.2) is 83.8 Å². The molecule has 3 aromatic carbocycles. The van der Waals surface area contributed by atoms with Crippen LogP contribution in [0.3, 0.4) is 0 Å². The first kappa shape index (κ1) is 27.7. The molecule has 0 unspecified atom stereocenters. The van der Waals surface area contributed by atoms with Crippen LogP contribution in [0.2, 0.25) is 0 Å². The summed E-state index contributed by atoms with van der Waals surface area (Å²) in [6, 6.07) is 20.3. The highest BCUT2D eigenvalue weighted by atomic mass is 32.2. The van der Waals surface area contributed by atoms with E-state index in [0.717, 1.165) is 17.7 Å². The van der Waals surface area contributed by atoms with Gasteiger partial charge in [0.1, 0.15) is 5.82 Å². The molecular weight excluding hydrogens is 529 g/mol. The molecule has 0 bridgehead atoms. The SMILES string of the molecule is O=C(Nc1ccc(S(=O)(=O)Nc2ccc(F)cc2)cc1)[C@@H]1CCCN(S(=O)(=O)CCCc2ccccc2)C1. The zero-order valence-electron chi connectivity index (χ0n) is 20.7. The van der Waals surface area contributed by atoms with Crippen LogP contribution < -0.4 is 10.0 Å². The third-order valence-electron chi connectivity index (χ3n) is 6.39. The van der Waals surface area contributed by atoms with Gasteiger partial charge >= 0.3 is 0 Å². The van der Waals surface area contributed by atoms with Crippen molar-refractivity contribution in [1.29, 1.82) is 0 Å². The molecule has 2 N–H and O–H groups in total. The summed E-state index contributed by atoms with van der Waals surface area (Å²) < 4.78 is 67.8. The van der Waals surface area contributed by atoms with Crippen LogP contribution in [0.4, 0.5) is 15.8 Å². The number of nitrogens with one attached hydrogen (secondary N) is 2. The molecule has 1 aliphatic rings. The molecule has 1 heterocycles. The van der Waals surface area contributed by atoms with Crippen molar-refractivity contribution in [3.05, 3.63) is 90.2 Å². The standard InChI is InChI=1S/C27H30FN3O5S2/c28-23-10-12-25(13-11-23)30-38(35,36)26-16-14-24(15-17-26)29-27(32)22-9-4-18-31(20-22)37(33,34)19-5-8-21-6-2-1-3-7-21/h1-3,6-7,10-17,22,30H,4-5,8-9,18-20H2,(H,29,32)/t22-/m1/s1. The van der Waals surface area contributed by atoms with Crippen molar-refractivity contribution in [2.75, 3.05) is 28.9 Å². The highest BCUT2D eigenvalue weighted by Crippen LogP contribution is 2.23. The van der Waals surface area contributed by atoms with E-state index in [1.807, 2.05) is 30.3 Å². The van der Waals surface area contributed by atoms with E-state index in [0.29, 0.717) is 37.9 Å². The van der Waals surface area contributed by atoms with E-state index in [1.54, 1.807) is 0 Å². The van der Waals surface area contributed by atoms with E-state index in [1.165, 1.54) is 40.7 Å². The lowest BCUT2D eigenvalue weighted by Gasteiger charge is -2.31. The highest BCUT2D eigenvalue weighted by molar-refractivity contribution is 7.92. The second kappa shape index (κ2) is 12.1. The summed E-state index contributed by atoms with van der Waals surface area (Å²) in [7, 11) is -7.38. The lowest BCUT2D eigenvalue weighted by molar-refractivity contribution is -0.120. The molecule has 1 saturated heterocycles. The fraction of sp³-hybridized carbons (Fsp3) is 0.296. The van der Waals surface area contributed by atoms with Gasteiger partial charge in [0.2, 0.25) is 15.9 Å². The second-order valence-corrected chi connectivity index (χ2v) is 13.0. The number of amides is 1. The monoisotopic (exact) mass is 559 g/mol. The van der Waals surface area contributed by atoms with Crippen LogP contribution in [-0.4, -0.2) is 45.9 Å². The first-order chi connectivity index (χ1) is 18.1. The summed E-state index contributed by atoms with van der Waals surface area (Å²) >= 11 is 0. The minimum atomic E-state index is -3.90. The van der Waals surface area contributed by atoms with Gasteiger partial charge in [0.05, 0.1) is 16.6 Å². The lowest BCUT2D eigenvalue weighted by Crippen LogP contribution is -2.44. The highest BCUT2D eigenvalue weighted by Gasteiger charge is 2.32. The van der Waals surface area contributed by atoms with Crippen LogP contribution in [-0.2, 0) is 31.3 Å². The number of hydrogen-bond donors (Lipinski definition) is 2. The zero-order chi connectivity index (χ0) is 27.2. The van der Waals surface area contributed by atoms with Gasteiger partial charge in [0.15, 0.2) is 0 Å². The lowest BCUT2D eigenvalue weighted by atomic mass is 9.99. The van der Waals surface area contributed by atoms with Crippen molar-refractivity contribution in [2.45, 2.75) is 30.6 Å². The Bertz CT molecular complexity index is 1450. The minimum Gasteiger partial charge on any atom is -0.326 e. The fourth-order valence-electron chi connectivity index (χ4n) is 4.34. The van der Waals surface area contributed by atoms with Crippen LogP contribution >= 0.6 is 0 Å². The Morgan fingerprint density at radius 2 is 1.55 bits per heavy atom. The quantitative estimate of drug-likeness (QED) is 0.386. The Hall–Kier alpha value is -3.28. The average Bonchev–Trinajstić information content (AvgIpc) is 2.91. The molecule has 1 amide bonds. The van der Waals surface area contributed by atoms with E-state index in [9.17, 15) is 26.0 Å². The van der Waals surface area contributed by atoms with Gasteiger partial charge in [-0.25, -0.2) is 25.5 Å². The molecule has 3 aromatic rings. The number of aryl methyl sites for hydroxylation is 1. The predicted octanol–water partition coefficient (Wildman–Crippen LogP) is 4.24. The van der Waals surface area contributed by atoms with Gasteiger partial charge in [0.25, 0.3) is 10.0 Å². The fourth-order valence-corrected chi connectivity index (χ4v) is 6.98. The van der Waals surface area contributed by atoms with Crippen molar-refractivity contribution in [3.63, 3.8) is 0 Å². The molecule has 0 aliphatic carbocycles. The number of hydrogen-bond acceptors (Lipinski definition) is 5. The van der Waals surface area contributed by atoms with Crippen LogP contribution in [0.1, 0.15) is 24.8 Å². The molecule has 4 rings (SSSR count). The number of nitrogens with zero attached hydrogens (tertiary/aromatic N) is 1. The van der Waals surface area contributed by atoms with Crippen LogP contribution in [0, 0.1) is 11.7 Å². The first-order valence-corrected chi connectivity index (χ1v) is 15.4. The van der Waals surface area contributed by atoms with Crippen molar-refractivity contribution in [1.82, 2.24) is 4.31 Å². The van der Waals surface area contributed by atoms with E-state index in [2.05, 4.69) is 10.0 Å². The summed E-state index contributed by atoms with van der Waals surface area (Å²) in [6.45, 7) is 0.513. The summed E-state index contributed by atoms with van der Waals surface area (Å²) in [5.74, 6) is -1.27. The van der Waals surface area contributed by atoms with Gasteiger partial charge in [-0.3, -0.25) is 9.52 Å². The van der Waals surface area contributed by atoms with Gasteiger partial charge in [-0.15, -0.1) is 0 Å². The summed E-state index contributed by atoms with van der Waals surface area (Å²) in [5, 5.41) is 2.77. The van der Waals surface area contributed by atoms with Gasteiger partial charge in [-0.1, -0.05) is 30.3 Å². The van der Waals surface area contributed by atoms with E-state index in [-0.39, 0.29) is 28.8 Å².